The normalized spacial score (nSPS) is 10.1. The highest BCUT2D eigenvalue weighted by Crippen LogP contribution is 2.25. The first-order chi connectivity index (χ1) is 9.08. The molecule has 0 atom stereocenters. The third-order valence-corrected chi connectivity index (χ3v) is 3.21. The molecule has 0 saturated heterocycles. The first-order valence-electron chi connectivity index (χ1n) is 5.53. The highest BCUT2D eigenvalue weighted by Gasteiger charge is 2.07. The van der Waals surface area contributed by atoms with E-state index in [1.54, 1.807) is 31.4 Å². The van der Waals surface area contributed by atoms with Gasteiger partial charge >= 0.3 is 0 Å². The maximum atomic E-state index is 12.1. The van der Waals surface area contributed by atoms with Crippen LogP contribution in [0.25, 0.3) is 0 Å². The minimum absolute atomic E-state index is 0.184. The van der Waals surface area contributed by atoms with E-state index in [1.165, 1.54) is 0 Å². The number of amides is 1. The van der Waals surface area contributed by atoms with E-state index in [-0.39, 0.29) is 5.91 Å². The highest BCUT2D eigenvalue weighted by molar-refractivity contribution is 9.10. The molecule has 98 valence electrons. The van der Waals surface area contributed by atoms with Crippen LogP contribution in [0.5, 0.6) is 5.75 Å². The van der Waals surface area contributed by atoms with E-state index in [9.17, 15) is 4.79 Å². The van der Waals surface area contributed by atoms with E-state index >= 15 is 0 Å². The van der Waals surface area contributed by atoms with Crippen molar-refractivity contribution >= 4 is 40.2 Å². The number of hydrogen-bond donors (Lipinski definition) is 2. The maximum absolute atomic E-state index is 12.1. The fraction of sp³-hybridized carbons (Fsp3) is 0.0714. The van der Waals surface area contributed by atoms with Crippen LogP contribution in [0.3, 0.4) is 0 Å². The van der Waals surface area contributed by atoms with Gasteiger partial charge in [-0.15, -0.1) is 12.6 Å². The first-order valence-corrected chi connectivity index (χ1v) is 6.77. The van der Waals surface area contributed by atoms with Crippen molar-refractivity contribution < 1.29 is 9.53 Å². The Hall–Kier alpha value is -1.46. The summed E-state index contributed by atoms with van der Waals surface area (Å²) >= 11 is 7.58. The van der Waals surface area contributed by atoms with Gasteiger partial charge in [-0.05, 0) is 30.3 Å². The molecule has 3 nitrogen and oxygen atoms in total. The number of halogens is 1. The number of methoxy groups -OCH3 is 1. The van der Waals surface area contributed by atoms with Gasteiger partial charge in [0.05, 0.1) is 7.11 Å². The number of rotatable bonds is 3. The minimum atomic E-state index is -0.184. The Kier molecular flexibility index (Phi) is 4.50. The molecule has 2 aromatic rings. The molecule has 0 radical (unpaired) electrons. The van der Waals surface area contributed by atoms with Crippen molar-refractivity contribution in [3.05, 3.63) is 52.5 Å². The molecule has 19 heavy (non-hydrogen) atoms. The Morgan fingerprint density at radius 3 is 2.74 bits per heavy atom. The molecule has 0 aliphatic carbocycles. The number of benzene rings is 2. The van der Waals surface area contributed by atoms with Crippen molar-refractivity contribution in [3.63, 3.8) is 0 Å². The molecular weight excluding hydrogens is 326 g/mol. The van der Waals surface area contributed by atoms with Crippen LogP contribution in [0.2, 0.25) is 0 Å². The molecule has 0 aliphatic heterocycles. The number of hydrogen-bond acceptors (Lipinski definition) is 3. The van der Waals surface area contributed by atoms with Gasteiger partial charge in [0.25, 0.3) is 5.91 Å². The van der Waals surface area contributed by atoms with Gasteiger partial charge in [0.15, 0.2) is 0 Å². The van der Waals surface area contributed by atoms with Gasteiger partial charge in [0.1, 0.15) is 5.75 Å². The standard InChI is InChI=1S/C14H12BrNO2S/c1-18-12-7-10(15)6-11(8-12)16-14(17)9-3-2-4-13(19)5-9/h2-8,19H,1H3,(H,16,17). The third-order valence-electron chi connectivity index (χ3n) is 2.47. The lowest BCUT2D eigenvalue weighted by Crippen LogP contribution is -2.11. The Bertz CT molecular complexity index is 616. The molecule has 1 amide bonds. The smallest absolute Gasteiger partial charge is 0.255 e. The van der Waals surface area contributed by atoms with Crippen LogP contribution in [-0.2, 0) is 0 Å². The largest absolute Gasteiger partial charge is 0.497 e. The van der Waals surface area contributed by atoms with Gasteiger partial charge in [0, 0.05) is 26.7 Å². The Morgan fingerprint density at radius 1 is 1.26 bits per heavy atom. The number of anilines is 1. The molecule has 0 saturated carbocycles. The Balaban J connectivity index is 2.21. The van der Waals surface area contributed by atoms with Crippen LogP contribution in [0.4, 0.5) is 5.69 Å². The van der Waals surface area contributed by atoms with Crippen molar-refractivity contribution in [1.29, 1.82) is 0 Å². The average molecular weight is 338 g/mol. The van der Waals surface area contributed by atoms with E-state index in [0.29, 0.717) is 17.0 Å². The van der Waals surface area contributed by atoms with Gasteiger partial charge in [-0.25, -0.2) is 0 Å². The van der Waals surface area contributed by atoms with Crippen LogP contribution in [-0.4, -0.2) is 13.0 Å². The van der Waals surface area contributed by atoms with Crippen LogP contribution in [0.1, 0.15) is 10.4 Å². The monoisotopic (exact) mass is 337 g/mol. The number of carbonyl (C=O) groups is 1. The fourth-order valence-corrected chi connectivity index (χ4v) is 2.30. The predicted molar refractivity (Wildman–Crippen MR) is 82.3 cm³/mol. The molecule has 0 aromatic heterocycles. The summed E-state index contributed by atoms with van der Waals surface area (Å²) in [4.78, 5) is 12.8. The average Bonchev–Trinajstić information content (AvgIpc) is 2.38. The molecule has 0 heterocycles. The molecule has 0 fully saturated rings. The summed E-state index contributed by atoms with van der Waals surface area (Å²) in [6, 6.07) is 12.5. The zero-order valence-corrected chi connectivity index (χ0v) is 12.7. The summed E-state index contributed by atoms with van der Waals surface area (Å²) < 4.78 is 5.99. The van der Waals surface area contributed by atoms with Gasteiger partial charge in [-0.3, -0.25) is 4.79 Å². The second-order valence-electron chi connectivity index (χ2n) is 3.88. The number of nitrogens with one attached hydrogen (secondary N) is 1. The van der Waals surface area contributed by atoms with E-state index < -0.39 is 0 Å². The molecule has 0 aliphatic rings. The summed E-state index contributed by atoms with van der Waals surface area (Å²) in [5.74, 6) is 0.490. The van der Waals surface area contributed by atoms with Crippen molar-refractivity contribution in [3.8, 4) is 5.75 Å². The second kappa shape index (κ2) is 6.12. The minimum Gasteiger partial charge on any atom is -0.497 e. The van der Waals surface area contributed by atoms with E-state index in [0.717, 1.165) is 9.37 Å². The van der Waals surface area contributed by atoms with Crippen LogP contribution in [0.15, 0.2) is 51.8 Å². The summed E-state index contributed by atoms with van der Waals surface area (Å²) in [6.45, 7) is 0. The van der Waals surface area contributed by atoms with Gasteiger partial charge in [-0.2, -0.15) is 0 Å². The lowest BCUT2D eigenvalue weighted by molar-refractivity contribution is 0.102. The molecule has 5 heteroatoms. The molecule has 0 unspecified atom stereocenters. The summed E-state index contributed by atoms with van der Waals surface area (Å²) in [6.07, 6.45) is 0. The molecule has 1 N–H and O–H groups in total. The number of carbonyl (C=O) groups excluding carboxylic acids is 1. The summed E-state index contributed by atoms with van der Waals surface area (Å²) in [5.41, 5.74) is 1.23. The first kappa shape index (κ1) is 14.0. The molecule has 2 rings (SSSR count). The van der Waals surface area contributed by atoms with E-state index in [2.05, 4.69) is 33.9 Å². The number of ether oxygens (including phenoxy) is 1. The zero-order chi connectivity index (χ0) is 13.8. The van der Waals surface area contributed by atoms with Crippen molar-refractivity contribution in [2.24, 2.45) is 0 Å². The van der Waals surface area contributed by atoms with Gasteiger partial charge in [-0.1, -0.05) is 22.0 Å². The molecule has 2 aromatic carbocycles. The van der Waals surface area contributed by atoms with Crippen molar-refractivity contribution in [1.82, 2.24) is 0 Å². The van der Waals surface area contributed by atoms with Gasteiger partial charge in [0.2, 0.25) is 0 Å². The van der Waals surface area contributed by atoms with Crippen LogP contribution >= 0.6 is 28.6 Å². The predicted octanol–water partition coefficient (Wildman–Crippen LogP) is 4.00. The molecular formula is C14H12BrNO2S. The van der Waals surface area contributed by atoms with E-state index in [1.807, 2.05) is 18.2 Å². The summed E-state index contributed by atoms with van der Waals surface area (Å²) in [7, 11) is 1.58. The van der Waals surface area contributed by atoms with E-state index in [4.69, 9.17) is 4.74 Å². The fourth-order valence-electron chi connectivity index (χ4n) is 1.60. The number of thiol groups is 1. The third kappa shape index (κ3) is 3.75. The maximum Gasteiger partial charge on any atom is 0.255 e. The lowest BCUT2D eigenvalue weighted by Gasteiger charge is -2.08. The molecule has 0 bridgehead atoms. The zero-order valence-electron chi connectivity index (χ0n) is 10.2. The summed E-state index contributed by atoms with van der Waals surface area (Å²) in [5, 5.41) is 2.82. The van der Waals surface area contributed by atoms with Crippen molar-refractivity contribution in [2.75, 3.05) is 12.4 Å². The second-order valence-corrected chi connectivity index (χ2v) is 5.32. The Labute approximate surface area is 125 Å². The highest BCUT2D eigenvalue weighted by atomic mass is 79.9. The quantitative estimate of drug-likeness (QED) is 0.831. The van der Waals surface area contributed by atoms with Crippen LogP contribution in [0, 0.1) is 0 Å². The van der Waals surface area contributed by atoms with Gasteiger partial charge < -0.3 is 10.1 Å². The Morgan fingerprint density at radius 2 is 2.05 bits per heavy atom. The van der Waals surface area contributed by atoms with Crippen molar-refractivity contribution in [2.45, 2.75) is 4.90 Å². The SMILES string of the molecule is COc1cc(Br)cc(NC(=O)c2cccc(S)c2)c1. The van der Waals surface area contributed by atoms with Crippen LogP contribution < -0.4 is 10.1 Å². The topological polar surface area (TPSA) is 38.3 Å². The molecule has 0 spiro atoms. The lowest BCUT2D eigenvalue weighted by atomic mass is 10.2.